The molecule has 0 radical (unpaired) electrons. The fourth-order valence-corrected chi connectivity index (χ4v) is 3.59. The summed E-state index contributed by atoms with van der Waals surface area (Å²) in [4.78, 5) is 21.7. The van der Waals surface area contributed by atoms with Gasteiger partial charge in [-0.2, -0.15) is 0 Å². The molecule has 1 atom stereocenters. The molecule has 0 aliphatic heterocycles. The Balaban J connectivity index is 0. The maximum absolute atomic E-state index is 11.5. The highest BCUT2D eigenvalue weighted by atomic mass is 16.4. The van der Waals surface area contributed by atoms with Crippen LogP contribution in [0.4, 0.5) is 0 Å². The Morgan fingerprint density at radius 3 is 1.34 bits per heavy atom. The fraction of sp³-hybridized carbons (Fsp3) is 0.926. The maximum Gasteiger partial charge on any atom is 0.303 e. The van der Waals surface area contributed by atoms with E-state index in [1.807, 2.05) is 6.92 Å². The van der Waals surface area contributed by atoms with Crippen molar-refractivity contribution < 1.29 is 14.7 Å². The first kappa shape index (κ1) is 33.1. The van der Waals surface area contributed by atoms with Crippen molar-refractivity contribution in [3.63, 3.8) is 0 Å². The Kier molecular flexibility index (Phi) is 28.9. The van der Waals surface area contributed by atoms with Crippen LogP contribution in [0.1, 0.15) is 149 Å². The summed E-state index contributed by atoms with van der Waals surface area (Å²) in [6.45, 7) is 6.93. The molecule has 0 saturated carbocycles. The van der Waals surface area contributed by atoms with Gasteiger partial charge in [-0.05, 0) is 19.8 Å². The monoisotopic (exact) mass is 456 g/mol. The quantitative estimate of drug-likeness (QED) is 0.148. The first-order valence-electron chi connectivity index (χ1n) is 13.7. The van der Waals surface area contributed by atoms with Gasteiger partial charge >= 0.3 is 5.97 Å². The molecular formula is C27H56N2O3. The summed E-state index contributed by atoms with van der Waals surface area (Å²) in [5, 5.41) is 11.3. The Morgan fingerprint density at radius 1 is 0.656 bits per heavy atom. The molecule has 0 spiro atoms. The zero-order valence-corrected chi connectivity index (χ0v) is 21.8. The number of amides is 1. The highest BCUT2D eigenvalue weighted by Crippen LogP contribution is 2.11. The lowest BCUT2D eigenvalue weighted by molar-refractivity contribution is -0.137. The van der Waals surface area contributed by atoms with Crippen molar-refractivity contribution in [1.29, 1.82) is 0 Å². The number of nitrogens with two attached hydrogens (primary N) is 1. The molecule has 0 heterocycles. The van der Waals surface area contributed by atoms with Crippen LogP contribution in [0.5, 0.6) is 0 Å². The van der Waals surface area contributed by atoms with Gasteiger partial charge in [0.15, 0.2) is 0 Å². The lowest BCUT2D eigenvalue weighted by Gasteiger charge is -2.10. The van der Waals surface area contributed by atoms with E-state index in [1.54, 1.807) is 0 Å². The molecule has 5 nitrogen and oxygen atoms in total. The maximum atomic E-state index is 11.5. The van der Waals surface area contributed by atoms with E-state index in [0.29, 0.717) is 19.4 Å². The zero-order chi connectivity index (χ0) is 24.3. The van der Waals surface area contributed by atoms with E-state index in [9.17, 15) is 9.59 Å². The summed E-state index contributed by atoms with van der Waals surface area (Å²) in [7, 11) is 0. The van der Waals surface area contributed by atoms with Crippen molar-refractivity contribution >= 4 is 11.9 Å². The minimum absolute atomic E-state index is 0.107. The molecule has 192 valence electrons. The number of rotatable bonds is 22. The van der Waals surface area contributed by atoms with Crippen molar-refractivity contribution in [3.8, 4) is 0 Å². The van der Waals surface area contributed by atoms with Crippen molar-refractivity contribution in [1.82, 2.24) is 5.32 Å². The number of hydrogen-bond acceptors (Lipinski definition) is 3. The van der Waals surface area contributed by atoms with Crippen LogP contribution in [0.15, 0.2) is 0 Å². The molecule has 0 bridgehead atoms. The number of unbranched alkanes of at least 4 members (excludes halogenated alkanes) is 16. The number of carboxylic acid groups (broad SMARTS) is 1. The van der Waals surface area contributed by atoms with E-state index < -0.39 is 5.97 Å². The summed E-state index contributed by atoms with van der Waals surface area (Å²) >= 11 is 0. The van der Waals surface area contributed by atoms with Crippen LogP contribution in [0.3, 0.4) is 0 Å². The van der Waals surface area contributed by atoms with Gasteiger partial charge in [-0.25, -0.2) is 0 Å². The van der Waals surface area contributed by atoms with E-state index in [0.717, 1.165) is 19.3 Å². The highest BCUT2D eigenvalue weighted by molar-refractivity contribution is 5.76. The van der Waals surface area contributed by atoms with Crippen LogP contribution in [0.2, 0.25) is 0 Å². The van der Waals surface area contributed by atoms with E-state index in [4.69, 9.17) is 10.8 Å². The number of carboxylic acids is 1. The smallest absolute Gasteiger partial charge is 0.303 e. The largest absolute Gasteiger partial charge is 0.481 e. The predicted molar refractivity (Wildman–Crippen MR) is 138 cm³/mol. The Morgan fingerprint density at radius 2 is 1.00 bits per heavy atom. The normalized spacial score (nSPS) is 11.5. The van der Waals surface area contributed by atoms with Gasteiger partial charge in [0.2, 0.25) is 5.91 Å². The first-order valence-corrected chi connectivity index (χ1v) is 13.7. The summed E-state index contributed by atoms with van der Waals surface area (Å²) in [6.07, 6.45) is 23.7. The summed E-state index contributed by atoms with van der Waals surface area (Å²) in [5.41, 5.74) is 5.45. The number of aliphatic carboxylic acids is 1. The highest BCUT2D eigenvalue weighted by Gasteiger charge is 2.04. The lowest BCUT2D eigenvalue weighted by Crippen LogP contribution is -2.37. The summed E-state index contributed by atoms with van der Waals surface area (Å²) in [6, 6.07) is 0.107. The van der Waals surface area contributed by atoms with Crippen LogP contribution in [-0.2, 0) is 9.59 Å². The zero-order valence-electron chi connectivity index (χ0n) is 21.8. The predicted octanol–water partition coefficient (Wildman–Crippen LogP) is 7.36. The Bertz CT molecular complexity index is 402. The second-order valence-electron chi connectivity index (χ2n) is 9.25. The molecule has 0 saturated heterocycles. The van der Waals surface area contributed by atoms with Gasteiger partial charge < -0.3 is 16.2 Å². The van der Waals surface area contributed by atoms with E-state index >= 15 is 0 Å². The Labute approximate surface area is 199 Å². The van der Waals surface area contributed by atoms with Crippen molar-refractivity contribution in [2.45, 2.75) is 155 Å². The SMILES string of the molecule is CCCCCCCCCCCC(=O)NC(C)CN.CCCCCCCCCCCC(=O)O. The van der Waals surface area contributed by atoms with Crippen LogP contribution < -0.4 is 11.1 Å². The molecular weight excluding hydrogens is 400 g/mol. The second kappa shape index (κ2) is 27.9. The molecule has 0 rings (SSSR count). The molecule has 0 fully saturated rings. The molecule has 0 aromatic carbocycles. The molecule has 0 aromatic rings. The minimum Gasteiger partial charge on any atom is -0.481 e. The molecule has 0 aliphatic rings. The standard InChI is InChI=1S/C15H32N2O.C12H24O2/c1-3-4-5-6-7-8-9-10-11-12-15(18)17-14(2)13-16;1-2-3-4-5-6-7-8-9-10-11-12(13)14/h14H,3-13,16H2,1-2H3,(H,17,18);2-11H2,1H3,(H,13,14). The van der Waals surface area contributed by atoms with Crippen LogP contribution in [0.25, 0.3) is 0 Å². The van der Waals surface area contributed by atoms with Gasteiger partial charge in [-0.15, -0.1) is 0 Å². The lowest BCUT2D eigenvalue weighted by atomic mass is 10.1. The number of carbonyl (C=O) groups is 2. The molecule has 0 aliphatic carbocycles. The van der Waals surface area contributed by atoms with Crippen LogP contribution in [-0.4, -0.2) is 29.6 Å². The topological polar surface area (TPSA) is 92.4 Å². The molecule has 4 N–H and O–H groups in total. The van der Waals surface area contributed by atoms with E-state index in [1.165, 1.54) is 96.3 Å². The number of carbonyl (C=O) groups excluding carboxylic acids is 1. The average molecular weight is 457 g/mol. The molecule has 1 unspecified atom stereocenters. The first-order chi connectivity index (χ1) is 15.5. The van der Waals surface area contributed by atoms with Gasteiger partial charge in [0.1, 0.15) is 0 Å². The average Bonchev–Trinajstić information content (AvgIpc) is 2.77. The van der Waals surface area contributed by atoms with Gasteiger partial charge in [0.05, 0.1) is 0 Å². The van der Waals surface area contributed by atoms with Gasteiger partial charge in [0, 0.05) is 25.4 Å². The fourth-order valence-electron chi connectivity index (χ4n) is 3.59. The van der Waals surface area contributed by atoms with Crippen LogP contribution in [0, 0.1) is 0 Å². The second-order valence-corrected chi connectivity index (χ2v) is 9.25. The summed E-state index contributed by atoms with van der Waals surface area (Å²) in [5.74, 6) is -0.510. The molecule has 32 heavy (non-hydrogen) atoms. The van der Waals surface area contributed by atoms with Crippen molar-refractivity contribution in [2.75, 3.05) is 6.54 Å². The van der Waals surface area contributed by atoms with E-state index in [2.05, 4.69) is 19.2 Å². The van der Waals surface area contributed by atoms with E-state index in [-0.39, 0.29) is 11.9 Å². The third-order valence-electron chi connectivity index (χ3n) is 5.76. The molecule has 1 amide bonds. The summed E-state index contributed by atoms with van der Waals surface area (Å²) < 4.78 is 0. The Hall–Kier alpha value is -1.10. The minimum atomic E-state index is -0.659. The third-order valence-corrected chi connectivity index (χ3v) is 5.76. The van der Waals surface area contributed by atoms with Gasteiger partial charge in [-0.3, -0.25) is 9.59 Å². The third kappa shape index (κ3) is 31.1. The number of hydrogen-bond donors (Lipinski definition) is 3. The molecule has 5 heteroatoms. The molecule has 0 aromatic heterocycles. The van der Waals surface area contributed by atoms with Gasteiger partial charge in [0.25, 0.3) is 0 Å². The van der Waals surface area contributed by atoms with Crippen molar-refractivity contribution in [3.05, 3.63) is 0 Å². The van der Waals surface area contributed by atoms with Crippen molar-refractivity contribution in [2.24, 2.45) is 5.73 Å². The number of nitrogens with one attached hydrogen (secondary N) is 1. The van der Waals surface area contributed by atoms with Gasteiger partial charge in [-0.1, -0.05) is 117 Å². The van der Waals surface area contributed by atoms with Crippen LogP contribution >= 0.6 is 0 Å².